The van der Waals surface area contributed by atoms with Crippen LogP contribution in [0.2, 0.25) is 0 Å². The number of sulfonamides is 1. The summed E-state index contributed by atoms with van der Waals surface area (Å²) < 4.78 is 44.7. The highest BCUT2D eigenvalue weighted by molar-refractivity contribution is 7.89. The summed E-state index contributed by atoms with van der Waals surface area (Å²) in [5, 5.41) is 4.67. The largest absolute Gasteiger partial charge is 0.490 e. The summed E-state index contributed by atoms with van der Waals surface area (Å²) in [5.74, 6) is -0.855. The average molecular weight is 503 g/mol. The molecule has 2 atom stereocenters. The number of carbonyl (C=O) groups is 2. The fourth-order valence-corrected chi connectivity index (χ4v) is 5.85. The van der Waals surface area contributed by atoms with E-state index in [-0.39, 0.29) is 30.5 Å². The standard InChI is InChI=1S/C26H31FN2O5S/c1-17(19-11-12-22(27)23(16-19)34-15-13-18-9-10-18)24(35(28,32)33)8-4-5-14-29-25(30)20-6-2-3-7-21(20)26(29)31/h2-3,6-7,11-12,16-18,24H,4-5,8-10,13-15H2,1H3,(H2,28,32,33). The average Bonchev–Trinajstić information content (AvgIpc) is 3.61. The van der Waals surface area contributed by atoms with Crippen molar-refractivity contribution >= 4 is 21.8 Å². The number of unbranched alkanes of at least 4 members (excludes halogenated alkanes) is 1. The van der Waals surface area contributed by atoms with Crippen LogP contribution >= 0.6 is 0 Å². The van der Waals surface area contributed by atoms with Gasteiger partial charge in [-0.1, -0.05) is 44.4 Å². The predicted octanol–water partition coefficient (Wildman–Crippen LogP) is 4.23. The molecular formula is C26H31FN2O5S. The first-order chi connectivity index (χ1) is 16.7. The Morgan fingerprint density at radius 2 is 1.74 bits per heavy atom. The van der Waals surface area contributed by atoms with Gasteiger partial charge in [0.25, 0.3) is 11.8 Å². The normalized spacial score (nSPS) is 17.4. The number of fused-ring (bicyclic) bond motifs is 1. The molecule has 0 radical (unpaired) electrons. The molecule has 4 rings (SSSR count). The maximum atomic E-state index is 14.2. The number of benzene rings is 2. The second-order valence-electron chi connectivity index (χ2n) is 9.49. The lowest BCUT2D eigenvalue weighted by Crippen LogP contribution is -2.34. The summed E-state index contributed by atoms with van der Waals surface area (Å²) in [6.45, 7) is 2.38. The van der Waals surface area contributed by atoms with Gasteiger partial charge in [0.15, 0.2) is 11.6 Å². The van der Waals surface area contributed by atoms with E-state index in [9.17, 15) is 22.4 Å². The van der Waals surface area contributed by atoms with Crippen LogP contribution in [0.1, 0.15) is 77.6 Å². The Bertz CT molecular complexity index is 1180. The zero-order chi connectivity index (χ0) is 25.2. The number of hydrogen-bond donors (Lipinski definition) is 1. The number of ether oxygens (including phenoxy) is 1. The van der Waals surface area contributed by atoms with Crippen LogP contribution in [0.4, 0.5) is 4.39 Å². The smallest absolute Gasteiger partial charge is 0.261 e. The van der Waals surface area contributed by atoms with E-state index in [1.165, 1.54) is 23.8 Å². The number of rotatable bonds is 12. The van der Waals surface area contributed by atoms with Gasteiger partial charge in [0.05, 0.1) is 23.0 Å². The number of carbonyl (C=O) groups excluding carboxylic acids is 2. The number of halogens is 1. The van der Waals surface area contributed by atoms with Gasteiger partial charge >= 0.3 is 0 Å². The fourth-order valence-electron chi connectivity index (χ4n) is 4.63. The Hall–Kier alpha value is -2.78. The number of amides is 2. The predicted molar refractivity (Wildman–Crippen MR) is 130 cm³/mol. The topological polar surface area (TPSA) is 107 Å². The summed E-state index contributed by atoms with van der Waals surface area (Å²) in [5.41, 5.74) is 1.41. The molecule has 188 valence electrons. The highest BCUT2D eigenvalue weighted by Crippen LogP contribution is 2.34. The maximum absolute atomic E-state index is 14.2. The van der Waals surface area contributed by atoms with Crippen LogP contribution in [-0.4, -0.2) is 43.5 Å². The van der Waals surface area contributed by atoms with Crippen LogP contribution in [0.25, 0.3) is 0 Å². The van der Waals surface area contributed by atoms with Crippen molar-refractivity contribution in [2.45, 2.75) is 56.6 Å². The summed E-state index contributed by atoms with van der Waals surface area (Å²) in [4.78, 5) is 26.2. The van der Waals surface area contributed by atoms with E-state index in [2.05, 4.69) is 0 Å². The quantitative estimate of drug-likeness (QED) is 0.345. The monoisotopic (exact) mass is 502 g/mol. The van der Waals surface area contributed by atoms with Gasteiger partial charge in [0.2, 0.25) is 10.0 Å². The Morgan fingerprint density at radius 3 is 2.34 bits per heavy atom. The number of imide groups is 1. The van der Waals surface area contributed by atoms with Crippen molar-refractivity contribution in [1.82, 2.24) is 4.90 Å². The summed E-state index contributed by atoms with van der Waals surface area (Å²) >= 11 is 0. The van der Waals surface area contributed by atoms with Crippen molar-refractivity contribution < 1.29 is 27.1 Å². The van der Waals surface area contributed by atoms with Crippen molar-refractivity contribution in [1.29, 1.82) is 0 Å². The molecule has 2 unspecified atom stereocenters. The molecule has 1 aliphatic carbocycles. The molecule has 0 spiro atoms. The zero-order valence-corrected chi connectivity index (χ0v) is 20.6. The van der Waals surface area contributed by atoms with Gasteiger partial charge in [-0.3, -0.25) is 14.5 Å². The number of hydrogen-bond acceptors (Lipinski definition) is 5. The van der Waals surface area contributed by atoms with Crippen molar-refractivity contribution in [2.24, 2.45) is 11.1 Å². The number of nitrogens with zero attached hydrogens (tertiary/aromatic N) is 1. The maximum Gasteiger partial charge on any atom is 0.261 e. The first kappa shape index (κ1) is 25.3. The molecule has 7 nitrogen and oxygen atoms in total. The molecular weight excluding hydrogens is 471 g/mol. The first-order valence-corrected chi connectivity index (χ1v) is 13.7. The summed E-state index contributed by atoms with van der Waals surface area (Å²) in [7, 11) is -3.90. The molecule has 9 heteroatoms. The van der Waals surface area contributed by atoms with Crippen LogP contribution in [0.5, 0.6) is 5.75 Å². The second-order valence-corrected chi connectivity index (χ2v) is 11.3. The van der Waals surface area contributed by atoms with E-state index >= 15 is 0 Å². The molecule has 2 N–H and O–H groups in total. The minimum absolute atomic E-state index is 0.119. The lowest BCUT2D eigenvalue weighted by molar-refractivity contribution is 0.0651. The zero-order valence-electron chi connectivity index (χ0n) is 19.8. The van der Waals surface area contributed by atoms with E-state index in [1.54, 1.807) is 43.3 Å². The van der Waals surface area contributed by atoms with Gasteiger partial charge < -0.3 is 4.74 Å². The third kappa shape index (κ3) is 5.90. The minimum Gasteiger partial charge on any atom is -0.490 e. The molecule has 2 aromatic carbocycles. The van der Waals surface area contributed by atoms with Crippen LogP contribution in [0, 0.1) is 11.7 Å². The van der Waals surface area contributed by atoms with Gasteiger partial charge in [-0.15, -0.1) is 0 Å². The summed E-state index contributed by atoms with van der Waals surface area (Å²) in [6.07, 6.45) is 4.40. The Labute approximate surface area is 205 Å². The highest BCUT2D eigenvalue weighted by Gasteiger charge is 2.35. The Morgan fingerprint density at radius 1 is 1.09 bits per heavy atom. The number of nitrogens with two attached hydrogens (primary N) is 1. The van der Waals surface area contributed by atoms with Gasteiger partial charge in [-0.05, 0) is 60.9 Å². The van der Waals surface area contributed by atoms with Gasteiger partial charge in [0.1, 0.15) is 0 Å². The SMILES string of the molecule is CC(c1ccc(F)c(OCCC2CC2)c1)C(CCCCN1C(=O)c2ccccc2C1=O)S(N)(=O)=O. The van der Waals surface area contributed by atoms with E-state index in [1.807, 2.05) is 0 Å². The van der Waals surface area contributed by atoms with Crippen LogP contribution in [0.3, 0.4) is 0 Å². The van der Waals surface area contributed by atoms with Crippen LogP contribution in [0.15, 0.2) is 42.5 Å². The van der Waals surface area contributed by atoms with E-state index in [0.29, 0.717) is 42.1 Å². The third-order valence-corrected chi connectivity index (χ3v) is 8.43. The molecule has 2 aliphatic rings. The minimum atomic E-state index is -3.90. The van der Waals surface area contributed by atoms with Gasteiger partial charge in [-0.25, -0.2) is 17.9 Å². The van der Waals surface area contributed by atoms with Crippen LogP contribution < -0.4 is 9.88 Å². The van der Waals surface area contributed by atoms with Gasteiger partial charge in [-0.2, -0.15) is 0 Å². The highest BCUT2D eigenvalue weighted by atomic mass is 32.2. The Kier molecular flexibility index (Phi) is 7.56. The van der Waals surface area contributed by atoms with Crippen molar-refractivity contribution in [3.8, 4) is 5.75 Å². The van der Waals surface area contributed by atoms with Crippen molar-refractivity contribution in [2.75, 3.05) is 13.2 Å². The van der Waals surface area contributed by atoms with Crippen LogP contribution in [-0.2, 0) is 10.0 Å². The van der Waals surface area contributed by atoms with E-state index in [4.69, 9.17) is 9.88 Å². The molecule has 0 aromatic heterocycles. The third-order valence-electron chi connectivity index (χ3n) is 6.94. The van der Waals surface area contributed by atoms with Gasteiger partial charge in [0, 0.05) is 6.54 Å². The molecule has 0 bridgehead atoms. The summed E-state index contributed by atoms with van der Waals surface area (Å²) in [6, 6.07) is 11.1. The van der Waals surface area contributed by atoms with Crippen molar-refractivity contribution in [3.05, 3.63) is 65.0 Å². The lowest BCUT2D eigenvalue weighted by atomic mass is 9.94. The molecule has 35 heavy (non-hydrogen) atoms. The Balaban J connectivity index is 1.36. The molecule has 1 saturated carbocycles. The van der Waals surface area contributed by atoms with E-state index < -0.39 is 27.0 Å². The number of primary sulfonamides is 1. The molecule has 1 heterocycles. The van der Waals surface area contributed by atoms with Crippen molar-refractivity contribution in [3.63, 3.8) is 0 Å². The van der Waals surface area contributed by atoms with E-state index in [0.717, 1.165) is 6.42 Å². The molecule has 2 amide bonds. The molecule has 1 fully saturated rings. The first-order valence-electron chi connectivity index (χ1n) is 12.1. The molecule has 2 aromatic rings. The lowest BCUT2D eigenvalue weighted by Gasteiger charge is -2.23. The fraction of sp³-hybridized carbons (Fsp3) is 0.462. The second kappa shape index (κ2) is 10.5. The molecule has 0 saturated heterocycles. The molecule has 1 aliphatic heterocycles.